The average Bonchev–Trinajstić information content (AvgIpc) is 2.41. The maximum absolute atomic E-state index is 14.1. The van der Waals surface area contributed by atoms with Crippen molar-refractivity contribution in [3.63, 3.8) is 0 Å². The Hall–Kier alpha value is -1.70. The van der Waals surface area contributed by atoms with E-state index in [1.54, 1.807) is 12.1 Å². The number of nitrogens with two attached hydrogens (primary N) is 1. The van der Waals surface area contributed by atoms with Crippen LogP contribution in [0.2, 0.25) is 5.02 Å². The summed E-state index contributed by atoms with van der Waals surface area (Å²) in [5.41, 5.74) is 5.38. The van der Waals surface area contributed by atoms with Crippen molar-refractivity contribution in [2.75, 3.05) is 4.72 Å². The summed E-state index contributed by atoms with van der Waals surface area (Å²) in [4.78, 5) is 3.25. The van der Waals surface area contributed by atoms with Crippen LogP contribution in [-0.4, -0.2) is 13.4 Å². The molecule has 0 unspecified atom stereocenters. The van der Waals surface area contributed by atoms with Gasteiger partial charge in [0.2, 0.25) is 0 Å². The zero-order valence-electron chi connectivity index (χ0n) is 10.2. The molecule has 0 atom stereocenters. The molecule has 0 fully saturated rings. The van der Waals surface area contributed by atoms with Crippen LogP contribution < -0.4 is 10.5 Å². The number of nitrogens with one attached hydrogen (secondary N) is 1. The van der Waals surface area contributed by atoms with Crippen molar-refractivity contribution in [3.8, 4) is 0 Å². The lowest BCUT2D eigenvalue weighted by atomic mass is 10.2. The van der Waals surface area contributed by atoms with E-state index in [9.17, 15) is 12.8 Å². The van der Waals surface area contributed by atoms with Crippen molar-refractivity contribution in [2.45, 2.75) is 11.4 Å². The first-order chi connectivity index (χ1) is 9.44. The molecular weight excluding hydrogens is 305 g/mol. The predicted octanol–water partition coefficient (Wildman–Crippen LogP) is 2.13. The van der Waals surface area contributed by atoms with Gasteiger partial charge in [-0.25, -0.2) is 17.8 Å². The van der Waals surface area contributed by atoms with Gasteiger partial charge >= 0.3 is 0 Å². The van der Waals surface area contributed by atoms with Gasteiger partial charge in [0, 0.05) is 23.3 Å². The number of aromatic nitrogens is 1. The number of hydrogen-bond donors (Lipinski definition) is 2. The summed E-state index contributed by atoms with van der Waals surface area (Å²) in [6, 6.07) is 7.00. The van der Waals surface area contributed by atoms with Crippen LogP contribution in [0.25, 0.3) is 0 Å². The standard InChI is InChI=1S/C12H11ClFN3O2S/c13-9-5-8(7-15)12(14)10(6-9)20(18,19)17-11-3-1-2-4-16-11/h1-6H,7,15H2,(H,16,17). The van der Waals surface area contributed by atoms with Gasteiger partial charge in [0.25, 0.3) is 10.0 Å². The molecule has 1 aromatic carbocycles. The smallest absolute Gasteiger partial charge is 0.266 e. The van der Waals surface area contributed by atoms with Gasteiger partial charge in [-0.1, -0.05) is 17.7 Å². The van der Waals surface area contributed by atoms with E-state index in [1.807, 2.05) is 0 Å². The number of nitrogens with zero attached hydrogens (tertiary/aromatic N) is 1. The number of benzene rings is 1. The highest BCUT2D eigenvalue weighted by Gasteiger charge is 2.22. The Morgan fingerprint density at radius 1 is 1.35 bits per heavy atom. The highest BCUT2D eigenvalue weighted by atomic mass is 35.5. The van der Waals surface area contributed by atoms with Crippen LogP contribution in [0.4, 0.5) is 10.2 Å². The Kier molecular flexibility index (Phi) is 4.22. The molecule has 0 saturated carbocycles. The van der Waals surface area contributed by atoms with Crippen LogP contribution in [0, 0.1) is 5.82 Å². The summed E-state index contributed by atoms with van der Waals surface area (Å²) in [5, 5.41) is 0.0910. The topological polar surface area (TPSA) is 85.1 Å². The van der Waals surface area contributed by atoms with E-state index < -0.39 is 20.7 Å². The van der Waals surface area contributed by atoms with E-state index in [0.29, 0.717) is 0 Å². The molecule has 0 spiro atoms. The first-order valence-corrected chi connectivity index (χ1v) is 7.42. The lowest BCUT2D eigenvalue weighted by molar-refractivity contribution is 0.561. The van der Waals surface area contributed by atoms with Gasteiger partial charge < -0.3 is 5.73 Å². The maximum Gasteiger partial charge on any atom is 0.266 e. The lowest BCUT2D eigenvalue weighted by Gasteiger charge is -2.10. The highest BCUT2D eigenvalue weighted by molar-refractivity contribution is 7.92. The van der Waals surface area contributed by atoms with Crippen LogP contribution in [0.1, 0.15) is 5.56 Å². The molecule has 1 aromatic heterocycles. The van der Waals surface area contributed by atoms with Gasteiger partial charge in [-0.2, -0.15) is 0 Å². The van der Waals surface area contributed by atoms with Crippen LogP contribution in [-0.2, 0) is 16.6 Å². The van der Waals surface area contributed by atoms with E-state index in [-0.39, 0.29) is 22.9 Å². The monoisotopic (exact) mass is 315 g/mol. The van der Waals surface area contributed by atoms with Crippen LogP contribution >= 0.6 is 11.6 Å². The molecule has 20 heavy (non-hydrogen) atoms. The van der Waals surface area contributed by atoms with E-state index in [4.69, 9.17) is 17.3 Å². The molecule has 0 aliphatic heterocycles. The van der Waals surface area contributed by atoms with Gasteiger partial charge in [-0.05, 0) is 24.3 Å². The van der Waals surface area contributed by atoms with E-state index in [1.165, 1.54) is 18.3 Å². The zero-order chi connectivity index (χ0) is 14.8. The third-order valence-electron chi connectivity index (χ3n) is 2.49. The minimum Gasteiger partial charge on any atom is -0.326 e. The Morgan fingerprint density at radius 3 is 2.70 bits per heavy atom. The molecule has 0 saturated heterocycles. The minimum atomic E-state index is -4.13. The van der Waals surface area contributed by atoms with Gasteiger partial charge in [-0.3, -0.25) is 4.72 Å². The van der Waals surface area contributed by atoms with Crippen LogP contribution in [0.15, 0.2) is 41.4 Å². The molecular formula is C12H11ClFN3O2S. The third-order valence-corrected chi connectivity index (χ3v) is 4.06. The van der Waals surface area contributed by atoms with Crippen molar-refractivity contribution in [1.29, 1.82) is 0 Å². The van der Waals surface area contributed by atoms with Crippen molar-refractivity contribution < 1.29 is 12.8 Å². The second kappa shape index (κ2) is 5.74. The fourth-order valence-corrected chi connectivity index (χ4v) is 3.04. The SMILES string of the molecule is NCc1cc(Cl)cc(S(=O)(=O)Nc2ccccn2)c1F. The van der Waals surface area contributed by atoms with E-state index in [2.05, 4.69) is 9.71 Å². The lowest BCUT2D eigenvalue weighted by Crippen LogP contribution is -2.17. The number of anilines is 1. The second-order valence-electron chi connectivity index (χ2n) is 3.90. The molecule has 8 heteroatoms. The van der Waals surface area contributed by atoms with E-state index >= 15 is 0 Å². The molecule has 5 nitrogen and oxygen atoms in total. The summed E-state index contributed by atoms with van der Waals surface area (Å²) in [5.74, 6) is -0.832. The molecule has 2 aromatic rings. The maximum atomic E-state index is 14.1. The fraction of sp³-hybridized carbons (Fsp3) is 0.0833. The van der Waals surface area contributed by atoms with Gasteiger partial charge in [-0.15, -0.1) is 0 Å². The number of pyridine rings is 1. The third kappa shape index (κ3) is 3.06. The van der Waals surface area contributed by atoms with Gasteiger partial charge in [0.1, 0.15) is 16.5 Å². The minimum absolute atomic E-state index is 0.0268. The molecule has 1 heterocycles. The van der Waals surface area contributed by atoms with Crippen LogP contribution in [0.3, 0.4) is 0 Å². The zero-order valence-corrected chi connectivity index (χ0v) is 11.7. The highest BCUT2D eigenvalue weighted by Crippen LogP contribution is 2.25. The second-order valence-corrected chi connectivity index (χ2v) is 5.99. The summed E-state index contributed by atoms with van der Waals surface area (Å²) in [6.45, 7) is -0.154. The Balaban J connectivity index is 2.47. The molecule has 0 aliphatic rings. The number of sulfonamides is 1. The van der Waals surface area contributed by atoms with Crippen molar-refractivity contribution in [1.82, 2.24) is 4.98 Å². The molecule has 2 rings (SSSR count). The average molecular weight is 316 g/mol. The van der Waals surface area contributed by atoms with Crippen LogP contribution in [0.5, 0.6) is 0 Å². The predicted molar refractivity (Wildman–Crippen MR) is 74.3 cm³/mol. The van der Waals surface area contributed by atoms with Gasteiger partial charge in [0.05, 0.1) is 0 Å². The van der Waals surface area contributed by atoms with Crippen molar-refractivity contribution in [2.24, 2.45) is 5.73 Å². The molecule has 3 N–H and O–H groups in total. The Labute approximate surface area is 120 Å². The quantitative estimate of drug-likeness (QED) is 0.905. The van der Waals surface area contributed by atoms with Gasteiger partial charge in [0.15, 0.2) is 0 Å². The Morgan fingerprint density at radius 2 is 2.10 bits per heavy atom. The summed E-state index contributed by atoms with van der Waals surface area (Å²) < 4.78 is 40.6. The first kappa shape index (κ1) is 14.7. The summed E-state index contributed by atoms with van der Waals surface area (Å²) >= 11 is 5.78. The number of halogens is 2. The molecule has 0 aliphatic carbocycles. The molecule has 0 amide bonds. The number of rotatable bonds is 4. The summed E-state index contributed by atoms with van der Waals surface area (Å²) in [6.07, 6.45) is 1.41. The largest absolute Gasteiger partial charge is 0.326 e. The molecule has 0 radical (unpaired) electrons. The molecule has 106 valence electrons. The van der Waals surface area contributed by atoms with Crippen molar-refractivity contribution in [3.05, 3.63) is 52.9 Å². The summed E-state index contributed by atoms with van der Waals surface area (Å²) in [7, 11) is -4.13. The van der Waals surface area contributed by atoms with E-state index in [0.717, 1.165) is 6.07 Å². The Bertz CT molecular complexity index is 723. The van der Waals surface area contributed by atoms with Crippen molar-refractivity contribution >= 4 is 27.4 Å². The fourth-order valence-electron chi connectivity index (χ4n) is 1.58. The molecule has 0 bridgehead atoms. The normalized spacial score (nSPS) is 11.3. The first-order valence-electron chi connectivity index (χ1n) is 5.56. The number of hydrogen-bond acceptors (Lipinski definition) is 4.